The maximum Gasteiger partial charge on any atom is 0.145 e. The lowest BCUT2D eigenvalue weighted by Gasteiger charge is -2.59. The maximum atomic E-state index is 6.35. The summed E-state index contributed by atoms with van der Waals surface area (Å²) in [5, 5.41) is 0. The third kappa shape index (κ3) is 2.68. The Morgan fingerprint density at radius 3 is 2.72 bits per heavy atom. The molecule has 1 heterocycles. The molecule has 2 nitrogen and oxygen atoms in total. The first-order valence-corrected chi connectivity index (χ1v) is 10.2. The van der Waals surface area contributed by atoms with Crippen LogP contribution in [0.5, 0.6) is 0 Å². The zero-order chi connectivity index (χ0) is 18.3. The van der Waals surface area contributed by atoms with Gasteiger partial charge in [-0.05, 0) is 54.0 Å². The first-order valence-electron chi connectivity index (χ1n) is 9.39. The van der Waals surface area contributed by atoms with Crippen LogP contribution in [0.4, 0.5) is 0 Å². The van der Waals surface area contributed by atoms with Gasteiger partial charge >= 0.3 is 0 Å². The molecule has 3 heteroatoms. The molecule has 5 atom stereocenters. The Hall–Kier alpha value is -0.870. The van der Waals surface area contributed by atoms with Gasteiger partial charge in [-0.2, -0.15) is 0 Å². The van der Waals surface area contributed by atoms with Gasteiger partial charge in [-0.25, -0.2) is 0 Å². The normalized spacial score (nSPS) is 37.0. The fraction of sp³-hybridized carbons (Fsp3) is 0.636. The summed E-state index contributed by atoms with van der Waals surface area (Å²) in [6, 6.07) is 6.44. The Labute approximate surface area is 155 Å². The number of hydrogen-bond acceptors (Lipinski definition) is 2. The molecule has 25 heavy (non-hydrogen) atoms. The Morgan fingerprint density at radius 2 is 2.20 bits per heavy atom. The average molecular weight is 358 g/mol. The summed E-state index contributed by atoms with van der Waals surface area (Å²) < 4.78 is 12.6. The number of terminal acetylenes is 1. The molecule has 3 rings (SSSR count). The van der Waals surface area contributed by atoms with Crippen molar-refractivity contribution in [3.8, 4) is 12.3 Å². The summed E-state index contributed by atoms with van der Waals surface area (Å²) in [4.78, 5) is 0. The zero-order valence-corrected chi connectivity index (χ0v) is 17.2. The second-order valence-electron chi connectivity index (χ2n) is 8.27. The summed E-state index contributed by atoms with van der Waals surface area (Å²) in [7, 11) is 4.62. The Balaban J connectivity index is 2.03. The van der Waals surface area contributed by atoms with Crippen molar-refractivity contribution >= 4 is 9.24 Å². The molecule has 1 aliphatic heterocycles. The topological polar surface area (TPSA) is 18.5 Å². The van der Waals surface area contributed by atoms with E-state index in [0.717, 1.165) is 18.1 Å². The van der Waals surface area contributed by atoms with Crippen molar-refractivity contribution in [2.24, 2.45) is 11.3 Å². The molecule has 2 fully saturated rings. The van der Waals surface area contributed by atoms with E-state index < -0.39 is 0 Å². The molecule has 1 aromatic carbocycles. The molecule has 0 bridgehead atoms. The van der Waals surface area contributed by atoms with Crippen molar-refractivity contribution in [1.82, 2.24) is 0 Å². The van der Waals surface area contributed by atoms with Gasteiger partial charge in [-0.3, -0.25) is 0 Å². The Morgan fingerprint density at radius 1 is 1.44 bits per heavy atom. The van der Waals surface area contributed by atoms with E-state index in [1.54, 1.807) is 0 Å². The minimum Gasteiger partial charge on any atom is -0.368 e. The summed E-state index contributed by atoms with van der Waals surface area (Å²) in [5.74, 6) is 3.27. The molecule has 5 unspecified atom stereocenters. The van der Waals surface area contributed by atoms with E-state index in [-0.39, 0.29) is 11.2 Å². The van der Waals surface area contributed by atoms with Crippen LogP contribution in [-0.4, -0.2) is 19.3 Å². The quantitative estimate of drug-likeness (QED) is 0.551. The average Bonchev–Trinajstić information content (AvgIpc) is 2.87. The molecule has 1 spiro atoms. The van der Waals surface area contributed by atoms with Crippen LogP contribution in [-0.2, 0) is 21.2 Å². The second-order valence-corrected chi connectivity index (χ2v) is 8.68. The van der Waals surface area contributed by atoms with Gasteiger partial charge < -0.3 is 9.47 Å². The fourth-order valence-electron chi connectivity index (χ4n) is 5.53. The van der Waals surface area contributed by atoms with Gasteiger partial charge in [0.25, 0.3) is 0 Å². The molecule has 2 aliphatic rings. The first-order chi connectivity index (χ1) is 11.9. The SMILES string of the molecule is C#Cc1ccc(C2(OC)COC23CC(C)(CCC)CC3C)cc1CP. The van der Waals surface area contributed by atoms with Crippen molar-refractivity contribution < 1.29 is 9.47 Å². The van der Waals surface area contributed by atoms with Crippen LogP contribution in [0.1, 0.15) is 63.1 Å². The van der Waals surface area contributed by atoms with Crippen molar-refractivity contribution in [2.45, 2.75) is 63.8 Å². The lowest BCUT2D eigenvalue weighted by atomic mass is 9.66. The van der Waals surface area contributed by atoms with Crippen LogP contribution in [0, 0.1) is 23.7 Å². The van der Waals surface area contributed by atoms with E-state index in [9.17, 15) is 0 Å². The van der Waals surface area contributed by atoms with Crippen LogP contribution in [0.2, 0.25) is 0 Å². The number of rotatable bonds is 5. The molecule has 0 N–H and O–H groups in total. The predicted molar refractivity (Wildman–Crippen MR) is 107 cm³/mol. The number of hydrogen-bond donors (Lipinski definition) is 0. The van der Waals surface area contributed by atoms with E-state index in [0.29, 0.717) is 17.9 Å². The third-order valence-electron chi connectivity index (χ3n) is 6.65. The molecular weight excluding hydrogens is 327 g/mol. The van der Waals surface area contributed by atoms with E-state index in [1.807, 2.05) is 7.11 Å². The zero-order valence-electron chi connectivity index (χ0n) is 16.0. The molecule has 1 aliphatic carbocycles. The van der Waals surface area contributed by atoms with Gasteiger partial charge in [0.1, 0.15) is 11.2 Å². The van der Waals surface area contributed by atoms with Gasteiger partial charge in [0, 0.05) is 12.7 Å². The lowest BCUT2D eigenvalue weighted by Crippen LogP contribution is -2.68. The highest BCUT2D eigenvalue weighted by atomic mass is 31.0. The van der Waals surface area contributed by atoms with Crippen molar-refractivity contribution in [3.05, 3.63) is 34.9 Å². The van der Waals surface area contributed by atoms with Crippen molar-refractivity contribution in [2.75, 3.05) is 13.7 Å². The summed E-state index contributed by atoms with van der Waals surface area (Å²) >= 11 is 0. The maximum absolute atomic E-state index is 6.35. The van der Waals surface area contributed by atoms with Crippen molar-refractivity contribution in [1.29, 1.82) is 0 Å². The van der Waals surface area contributed by atoms with E-state index in [4.69, 9.17) is 15.9 Å². The van der Waals surface area contributed by atoms with Crippen LogP contribution < -0.4 is 0 Å². The van der Waals surface area contributed by atoms with Gasteiger partial charge in [0.05, 0.1) is 6.61 Å². The van der Waals surface area contributed by atoms with E-state index in [2.05, 4.69) is 54.1 Å². The van der Waals surface area contributed by atoms with Crippen LogP contribution >= 0.6 is 9.24 Å². The van der Waals surface area contributed by atoms with Gasteiger partial charge in [-0.1, -0.05) is 45.2 Å². The number of methoxy groups -OCH3 is 1. The molecule has 1 saturated carbocycles. The molecule has 1 aromatic rings. The summed E-state index contributed by atoms with van der Waals surface area (Å²) in [6.45, 7) is 7.65. The largest absolute Gasteiger partial charge is 0.368 e. The number of benzene rings is 1. The Bertz CT molecular complexity index is 690. The summed E-state index contributed by atoms with van der Waals surface area (Å²) in [5.41, 5.74) is 3.12. The molecule has 0 radical (unpaired) electrons. The highest BCUT2D eigenvalue weighted by Gasteiger charge is 2.69. The van der Waals surface area contributed by atoms with Gasteiger partial charge in [0.15, 0.2) is 0 Å². The third-order valence-corrected chi connectivity index (χ3v) is 7.09. The monoisotopic (exact) mass is 358 g/mol. The minimum absolute atomic E-state index is 0.221. The number of ether oxygens (including phenoxy) is 2. The fourth-order valence-corrected chi connectivity index (χ4v) is 5.87. The summed E-state index contributed by atoms with van der Waals surface area (Å²) in [6.07, 6.45) is 11.2. The molecule has 136 valence electrons. The standard InChI is InChI=1S/C22H31O2P/c1-6-10-20(4)12-16(3)21(14-20)22(23-5,15-24-21)19-9-8-17(7-2)18(11-19)13-25/h2,8-9,11,16H,6,10,12-15,25H2,1,3-5H3. The Kier molecular flexibility index (Phi) is 5.06. The first kappa shape index (κ1) is 18.9. The molecule has 1 saturated heterocycles. The lowest BCUT2D eigenvalue weighted by molar-refractivity contribution is -0.336. The van der Waals surface area contributed by atoms with Crippen molar-refractivity contribution in [3.63, 3.8) is 0 Å². The highest BCUT2D eigenvalue weighted by Crippen LogP contribution is 2.64. The van der Waals surface area contributed by atoms with Crippen LogP contribution in [0.15, 0.2) is 18.2 Å². The van der Waals surface area contributed by atoms with E-state index >= 15 is 0 Å². The molecule has 0 amide bonds. The predicted octanol–water partition coefficient (Wildman–Crippen LogP) is 4.89. The molecule has 0 aromatic heterocycles. The van der Waals surface area contributed by atoms with Crippen LogP contribution in [0.3, 0.4) is 0 Å². The second kappa shape index (κ2) is 6.70. The van der Waals surface area contributed by atoms with Crippen LogP contribution in [0.25, 0.3) is 0 Å². The molecular formula is C22H31O2P. The van der Waals surface area contributed by atoms with E-state index in [1.165, 1.54) is 30.4 Å². The smallest absolute Gasteiger partial charge is 0.145 e. The van der Waals surface area contributed by atoms with Gasteiger partial charge in [0.2, 0.25) is 0 Å². The minimum atomic E-state index is -0.361. The van der Waals surface area contributed by atoms with Gasteiger partial charge in [-0.15, -0.1) is 15.7 Å². The highest BCUT2D eigenvalue weighted by molar-refractivity contribution is 7.15.